The van der Waals surface area contributed by atoms with Gasteiger partial charge in [0.15, 0.2) is 10.9 Å². The van der Waals surface area contributed by atoms with E-state index in [4.69, 9.17) is 4.74 Å². The number of hydrogen-bond donors (Lipinski definition) is 0. The molecule has 0 bridgehead atoms. The van der Waals surface area contributed by atoms with Crippen LogP contribution in [0.4, 0.5) is 0 Å². The fraction of sp³-hybridized carbons (Fsp3) is 0.632. The van der Waals surface area contributed by atoms with Crippen molar-refractivity contribution in [2.24, 2.45) is 0 Å². The van der Waals surface area contributed by atoms with Crippen LogP contribution in [0, 0.1) is 13.8 Å². The summed E-state index contributed by atoms with van der Waals surface area (Å²) in [6.45, 7) is 9.73. The molecule has 0 radical (unpaired) electrons. The second-order valence-corrected chi connectivity index (χ2v) is 7.97. The van der Waals surface area contributed by atoms with Gasteiger partial charge in [0.25, 0.3) is 0 Å². The molecule has 0 spiro atoms. The molecule has 2 heterocycles. The van der Waals surface area contributed by atoms with Crippen LogP contribution in [0.5, 0.6) is 0 Å². The fourth-order valence-electron chi connectivity index (χ4n) is 3.61. The van der Waals surface area contributed by atoms with Gasteiger partial charge >= 0.3 is 0 Å². The van der Waals surface area contributed by atoms with Gasteiger partial charge in [-0.25, -0.2) is 0 Å². The van der Waals surface area contributed by atoms with E-state index >= 15 is 0 Å². The molecule has 0 amide bonds. The van der Waals surface area contributed by atoms with Crippen molar-refractivity contribution in [1.29, 1.82) is 0 Å². The molecule has 2 aromatic rings. The minimum atomic E-state index is 0.137. The van der Waals surface area contributed by atoms with Crippen LogP contribution < -0.4 is 0 Å². The molecule has 142 valence electrons. The van der Waals surface area contributed by atoms with Crippen molar-refractivity contribution in [3.05, 3.63) is 28.8 Å². The summed E-state index contributed by atoms with van der Waals surface area (Å²) >= 11 is 1.49. The molecule has 26 heavy (non-hydrogen) atoms. The van der Waals surface area contributed by atoms with Gasteiger partial charge in [0.05, 0.1) is 18.4 Å². The molecule has 1 aliphatic carbocycles. The first-order chi connectivity index (χ1) is 12.5. The van der Waals surface area contributed by atoms with Gasteiger partial charge in [-0.05, 0) is 46.6 Å². The summed E-state index contributed by atoms with van der Waals surface area (Å²) in [6.07, 6.45) is 2.40. The van der Waals surface area contributed by atoms with Gasteiger partial charge in [-0.15, -0.1) is 10.2 Å². The largest absolute Gasteiger partial charge is 0.383 e. The van der Waals surface area contributed by atoms with Gasteiger partial charge in [-0.3, -0.25) is 4.79 Å². The molecule has 3 rings (SSSR count). The van der Waals surface area contributed by atoms with Crippen molar-refractivity contribution in [3.8, 4) is 0 Å². The normalized spacial score (nSPS) is 15.4. The molecule has 1 atom stereocenters. The first-order valence-corrected chi connectivity index (χ1v) is 10.2. The zero-order valence-electron chi connectivity index (χ0n) is 16.3. The van der Waals surface area contributed by atoms with Crippen molar-refractivity contribution in [1.82, 2.24) is 19.3 Å². The summed E-state index contributed by atoms with van der Waals surface area (Å²) in [7, 11) is 1.70. The zero-order chi connectivity index (χ0) is 18.8. The lowest BCUT2D eigenvalue weighted by Crippen LogP contribution is -2.15. The second kappa shape index (κ2) is 7.96. The Balaban J connectivity index is 1.72. The number of Topliss-reactive ketones (excluding diaryl/α,β-unsaturated/α-hetero) is 1. The van der Waals surface area contributed by atoms with Crippen LogP contribution in [0.2, 0.25) is 0 Å². The first-order valence-electron chi connectivity index (χ1n) is 9.24. The second-order valence-electron chi connectivity index (χ2n) is 7.03. The molecule has 0 N–H and O–H groups in total. The lowest BCUT2D eigenvalue weighted by atomic mass is 10.2. The maximum Gasteiger partial charge on any atom is 0.191 e. The van der Waals surface area contributed by atoms with Crippen LogP contribution in [0.3, 0.4) is 0 Å². The van der Waals surface area contributed by atoms with E-state index in [0.29, 0.717) is 18.3 Å². The predicted octanol–water partition coefficient (Wildman–Crippen LogP) is 3.78. The Hall–Kier alpha value is -1.60. The molecule has 1 fully saturated rings. The van der Waals surface area contributed by atoms with Crippen molar-refractivity contribution >= 4 is 17.5 Å². The van der Waals surface area contributed by atoms with Crippen molar-refractivity contribution < 1.29 is 9.53 Å². The molecule has 1 saturated carbocycles. The number of ketones is 1. The number of hydrogen-bond acceptors (Lipinski definition) is 5. The molecule has 2 aromatic heterocycles. The van der Waals surface area contributed by atoms with E-state index < -0.39 is 0 Å². The van der Waals surface area contributed by atoms with E-state index in [1.165, 1.54) is 24.6 Å². The summed E-state index contributed by atoms with van der Waals surface area (Å²) in [5.74, 6) is 2.16. The van der Waals surface area contributed by atoms with Crippen molar-refractivity contribution in [2.45, 2.75) is 64.2 Å². The van der Waals surface area contributed by atoms with E-state index in [0.717, 1.165) is 34.5 Å². The number of aromatic nitrogens is 4. The third kappa shape index (κ3) is 3.74. The SMILES string of the molecule is CCn1c(SCC(=O)c2cc(C)n([C@H](C)COC)c2C)nnc1C1CC1. The number of carbonyl (C=O) groups excluding carboxylic acids is 1. The molecule has 0 unspecified atom stereocenters. The standard InChI is InChI=1S/C19H28N4O2S/c1-6-22-18(15-7-8-15)20-21-19(22)26-11-17(24)16-9-12(2)23(14(16)4)13(3)10-25-5/h9,13,15H,6-8,10-11H2,1-5H3/t13-/m1/s1. The van der Waals surface area contributed by atoms with Crippen LogP contribution in [0.1, 0.15) is 66.2 Å². The predicted molar refractivity (Wildman–Crippen MR) is 103 cm³/mol. The Bertz CT molecular complexity index is 792. The van der Waals surface area contributed by atoms with E-state index in [1.807, 2.05) is 19.9 Å². The number of carbonyl (C=O) groups is 1. The van der Waals surface area contributed by atoms with Crippen LogP contribution >= 0.6 is 11.8 Å². The molecular weight excluding hydrogens is 348 g/mol. The molecule has 1 aliphatic rings. The average Bonchev–Trinajstić information content (AvgIpc) is 3.30. The third-order valence-corrected chi connectivity index (χ3v) is 5.94. The number of rotatable bonds is 9. The summed E-state index contributed by atoms with van der Waals surface area (Å²) in [6, 6.07) is 2.20. The van der Waals surface area contributed by atoms with Gasteiger partial charge in [0.1, 0.15) is 5.82 Å². The van der Waals surface area contributed by atoms with Crippen molar-refractivity contribution in [2.75, 3.05) is 19.5 Å². The Morgan fingerprint density at radius 3 is 2.73 bits per heavy atom. The number of thioether (sulfide) groups is 1. The summed E-state index contributed by atoms with van der Waals surface area (Å²) in [4.78, 5) is 12.8. The van der Waals surface area contributed by atoms with E-state index in [9.17, 15) is 4.79 Å². The first kappa shape index (κ1) is 19.2. The van der Waals surface area contributed by atoms with Gasteiger partial charge in [-0.2, -0.15) is 0 Å². The zero-order valence-corrected chi connectivity index (χ0v) is 17.1. The molecule has 0 aliphatic heterocycles. The maximum absolute atomic E-state index is 12.8. The van der Waals surface area contributed by atoms with Crippen LogP contribution in [-0.2, 0) is 11.3 Å². The highest BCUT2D eigenvalue weighted by molar-refractivity contribution is 7.99. The smallest absolute Gasteiger partial charge is 0.191 e. The number of aryl methyl sites for hydroxylation is 1. The summed E-state index contributed by atoms with van der Waals surface area (Å²) in [5, 5.41) is 9.51. The average molecular weight is 377 g/mol. The Morgan fingerprint density at radius 1 is 1.38 bits per heavy atom. The summed E-state index contributed by atoms with van der Waals surface area (Å²) in [5.41, 5.74) is 2.89. The van der Waals surface area contributed by atoms with E-state index in [1.54, 1.807) is 7.11 Å². The van der Waals surface area contributed by atoms with Crippen LogP contribution in [0.15, 0.2) is 11.2 Å². The highest BCUT2D eigenvalue weighted by Crippen LogP contribution is 2.40. The van der Waals surface area contributed by atoms with Gasteiger partial charge < -0.3 is 13.9 Å². The Labute approximate surface area is 159 Å². The van der Waals surface area contributed by atoms with Gasteiger partial charge in [-0.1, -0.05) is 11.8 Å². The third-order valence-electron chi connectivity index (χ3n) is 4.97. The number of ether oxygens (including phenoxy) is 1. The van der Waals surface area contributed by atoms with Gasteiger partial charge in [0.2, 0.25) is 0 Å². The Morgan fingerprint density at radius 2 is 2.12 bits per heavy atom. The van der Waals surface area contributed by atoms with Gasteiger partial charge in [0, 0.05) is 36.5 Å². The Kier molecular flexibility index (Phi) is 5.87. The molecule has 0 aromatic carbocycles. The van der Waals surface area contributed by atoms with Crippen LogP contribution in [-0.4, -0.2) is 44.6 Å². The lowest BCUT2D eigenvalue weighted by molar-refractivity contribution is 0.102. The van der Waals surface area contributed by atoms with Crippen molar-refractivity contribution in [3.63, 3.8) is 0 Å². The van der Waals surface area contributed by atoms with E-state index in [-0.39, 0.29) is 11.8 Å². The topological polar surface area (TPSA) is 61.9 Å². The quantitative estimate of drug-likeness (QED) is 0.492. The minimum absolute atomic E-state index is 0.137. The lowest BCUT2D eigenvalue weighted by Gasteiger charge is -2.17. The molecule has 7 heteroatoms. The van der Waals surface area contributed by atoms with Crippen LogP contribution in [0.25, 0.3) is 0 Å². The minimum Gasteiger partial charge on any atom is -0.383 e. The summed E-state index contributed by atoms with van der Waals surface area (Å²) < 4.78 is 9.60. The van der Waals surface area contributed by atoms with E-state index in [2.05, 4.69) is 33.2 Å². The number of methoxy groups -OCH3 is 1. The fourth-order valence-corrected chi connectivity index (χ4v) is 4.50. The highest BCUT2D eigenvalue weighted by atomic mass is 32.2. The monoisotopic (exact) mass is 376 g/mol. The highest BCUT2D eigenvalue weighted by Gasteiger charge is 2.30. The maximum atomic E-state index is 12.8. The number of nitrogens with zero attached hydrogens (tertiary/aromatic N) is 4. The molecule has 0 saturated heterocycles. The molecule has 6 nitrogen and oxygen atoms in total. The molecular formula is C19H28N4O2S.